The fourth-order valence-electron chi connectivity index (χ4n) is 2.73. The lowest BCUT2D eigenvalue weighted by Gasteiger charge is -2.09. The van der Waals surface area contributed by atoms with Crippen molar-refractivity contribution in [2.24, 2.45) is 0 Å². The molecule has 2 aromatic rings. The lowest BCUT2D eigenvalue weighted by atomic mass is 10.1. The number of halogens is 2. The predicted octanol–water partition coefficient (Wildman–Crippen LogP) is 3.94. The van der Waals surface area contributed by atoms with Crippen LogP contribution >= 0.6 is 11.6 Å². The fraction of sp³-hybridized carbons (Fsp3) is 0.400. The molecule has 3 rings (SSSR count). The second kappa shape index (κ2) is 5.44. The van der Waals surface area contributed by atoms with Crippen LogP contribution in [0.5, 0.6) is 5.88 Å². The Morgan fingerprint density at radius 1 is 1.25 bits per heavy atom. The van der Waals surface area contributed by atoms with Crippen LogP contribution in [0.4, 0.5) is 4.39 Å². The molecule has 0 amide bonds. The monoisotopic (exact) mass is 294 g/mol. The molecular formula is C15H16ClFN2O. The molecule has 0 fully saturated rings. The van der Waals surface area contributed by atoms with Gasteiger partial charge in [-0.05, 0) is 43.9 Å². The molecule has 0 N–H and O–H groups in total. The van der Waals surface area contributed by atoms with Gasteiger partial charge in [0.2, 0.25) is 5.88 Å². The predicted molar refractivity (Wildman–Crippen MR) is 76.3 cm³/mol. The Hall–Kier alpha value is -1.55. The Labute approximate surface area is 122 Å². The van der Waals surface area contributed by atoms with Gasteiger partial charge in [0.25, 0.3) is 0 Å². The first-order valence-electron chi connectivity index (χ1n) is 6.81. The molecule has 0 saturated carbocycles. The van der Waals surface area contributed by atoms with Gasteiger partial charge in [-0.2, -0.15) is 9.78 Å². The average molecular weight is 295 g/mol. The van der Waals surface area contributed by atoms with Crippen LogP contribution in [0, 0.1) is 5.82 Å². The summed E-state index contributed by atoms with van der Waals surface area (Å²) < 4.78 is 21.1. The van der Waals surface area contributed by atoms with Crippen LogP contribution in [-0.2, 0) is 12.8 Å². The Morgan fingerprint density at radius 3 is 2.80 bits per heavy atom. The van der Waals surface area contributed by atoms with E-state index in [2.05, 4.69) is 5.10 Å². The van der Waals surface area contributed by atoms with Crippen molar-refractivity contribution in [2.45, 2.75) is 32.1 Å². The van der Waals surface area contributed by atoms with Gasteiger partial charge in [0.15, 0.2) is 0 Å². The van der Waals surface area contributed by atoms with Gasteiger partial charge in [-0.1, -0.05) is 18.0 Å². The van der Waals surface area contributed by atoms with Gasteiger partial charge in [-0.15, -0.1) is 0 Å². The van der Waals surface area contributed by atoms with Crippen LogP contribution in [0.15, 0.2) is 18.2 Å². The van der Waals surface area contributed by atoms with Crippen molar-refractivity contribution < 1.29 is 9.13 Å². The van der Waals surface area contributed by atoms with Crippen LogP contribution in [0.2, 0.25) is 5.02 Å². The zero-order valence-corrected chi connectivity index (χ0v) is 12.1. The van der Waals surface area contributed by atoms with Crippen molar-refractivity contribution in [1.29, 1.82) is 0 Å². The van der Waals surface area contributed by atoms with Crippen LogP contribution in [0.25, 0.3) is 5.69 Å². The van der Waals surface area contributed by atoms with Crippen LogP contribution < -0.4 is 4.74 Å². The molecule has 1 aromatic carbocycles. The molecule has 1 aliphatic carbocycles. The van der Waals surface area contributed by atoms with E-state index in [1.165, 1.54) is 12.5 Å². The number of aromatic nitrogens is 2. The number of methoxy groups -OCH3 is 1. The van der Waals surface area contributed by atoms with Gasteiger partial charge in [-0.25, -0.2) is 4.39 Å². The average Bonchev–Trinajstić information content (AvgIpc) is 2.61. The molecule has 0 radical (unpaired) electrons. The smallest absolute Gasteiger partial charge is 0.220 e. The van der Waals surface area contributed by atoms with E-state index in [9.17, 15) is 4.39 Å². The summed E-state index contributed by atoms with van der Waals surface area (Å²) in [5, 5.41) is 4.92. The van der Waals surface area contributed by atoms with Gasteiger partial charge >= 0.3 is 0 Å². The highest BCUT2D eigenvalue weighted by Gasteiger charge is 2.22. The number of nitrogens with zero attached hydrogens (tertiary/aromatic N) is 2. The molecule has 5 heteroatoms. The van der Waals surface area contributed by atoms with Gasteiger partial charge in [0.05, 0.1) is 12.8 Å². The summed E-state index contributed by atoms with van der Waals surface area (Å²) in [5.74, 6) is 0.247. The first kappa shape index (κ1) is 13.4. The second-order valence-corrected chi connectivity index (χ2v) is 5.44. The number of hydrogen-bond donors (Lipinski definition) is 0. The maximum Gasteiger partial charge on any atom is 0.220 e. The highest BCUT2D eigenvalue weighted by Crippen LogP contribution is 2.32. The van der Waals surface area contributed by atoms with Crippen molar-refractivity contribution in [1.82, 2.24) is 9.78 Å². The van der Waals surface area contributed by atoms with E-state index in [1.807, 2.05) is 0 Å². The van der Waals surface area contributed by atoms with E-state index in [1.54, 1.807) is 23.9 Å². The summed E-state index contributed by atoms with van der Waals surface area (Å²) in [5.41, 5.74) is 2.51. The summed E-state index contributed by atoms with van der Waals surface area (Å²) in [7, 11) is 1.60. The molecule has 0 unspecified atom stereocenters. The van der Waals surface area contributed by atoms with E-state index in [0.29, 0.717) is 16.6 Å². The van der Waals surface area contributed by atoms with E-state index < -0.39 is 5.82 Å². The summed E-state index contributed by atoms with van der Waals surface area (Å²) in [6.07, 6.45) is 5.31. The van der Waals surface area contributed by atoms with Crippen molar-refractivity contribution in [2.75, 3.05) is 7.11 Å². The summed E-state index contributed by atoms with van der Waals surface area (Å²) in [6, 6.07) is 4.59. The molecule has 0 bridgehead atoms. The molecule has 3 nitrogen and oxygen atoms in total. The third-order valence-corrected chi connectivity index (χ3v) is 3.93. The third-order valence-electron chi connectivity index (χ3n) is 3.69. The van der Waals surface area contributed by atoms with Crippen LogP contribution in [0.3, 0.4) is 0 Å². The maximum atomic E-state index is 14.1. The van der Waals surface area contributed by atoms with Gasteiger partial charge in [0, 0.05) is 10.6 Å². The third kappa shape index (κ3) is 2.29. The quantitative estimate of drug-likeness (QED) is 0.784. The number of aryl methyl sites for hydroxylation is 1. The number of rotatable bonds is 2. The lowest BCUT2D eigenvalue weighted by molar-refractivity contribution is 0.377. The standard InChI is InChI=1S/C15H16ClFN2O/c1-20-15-11-5-3-2-4-6-13(11)18-19(15)14-8-7-10(16)9-12(14)17/h7-9H,2-6H2,1H3. The molecule has 0 saturated heterocycles. The number of benzene rings is 1. The minimum atomic E-state index is -0.395. The Balaban J connectivity index is 2.14. The van der Waals surface area contributed by atoms with E-state index in [0.717, 1.165) is 36.9 Å². The first-order valence-corrected chi connectivity index (χ1v) is 7.18. The molecule has 0 aliphatic heterocycles. The van der Waals surface area contributed by atoms with Crippen molar-refractivity contribution >= 4 is 11.6 Å². The molecule has 0 atom stereocenters. The van der Waals surface area contributed by atoms with E-state index in [-0.39, 0.29) is 0 Å². The van der Waals surface area contributed by atoms with Crippen molar-refractivity contribution in [3.8, 4) is 11.6 Å². The Morgan fingerprint density at radius 2 is 2.05 bits per heavy atom. The van der Waals surface area contributed by atoms with Crippen molar-refractivity contribution in [3.05, 3.63) is 40.3 Å². The summed E-state index contributed by atoms with van der Waals surface area (Å²) >= 11 is 5.80. The summed E-state index contributed by atoms with van der Waals surface area (Å²) in [6.45, 7) is 0. The van der Waals surface area contributed by atoms with Crippen molar-refractivity contribution in [3.63, 3.8) is 0 Å². The maximum absolute atomic E-state index is 14.1. The summed E-state index contributed by atoms with van der Waals surface area (Å²) in [4.78, 5) is 0. The normalized spacial score (nSPS) is 14.8. The molecule has 1 heterocycles. The Bertz CT molecular complexity index is 639. The minimum Gasteiger partial charge on any atom is -0.481 e. The fourth-order valence-corrected chi connectivity index (χ4v) is 2.89. The number of ether oxygens (including phenoxy) is 1. The van der Waals surface area contributed by atoms with Gasteiger partial charge < -0.3 is 4.74 Å². The minimum absolute atomic E-state index is 0.374. The molecule has 1 aromatic heterocycles. The Kier molecular flexibility index (Phi) is 3.66. The topological polar surface area (TPSA) is 27.1 Å². The highest BCUT2D eigenvalue weighted by atomic mass is 35.5. The molecule has 1 aliphatic rings. The van der Waals surface area contributed by atoms with Crippen LogP contribution in [-0.4, -0.2) is 16.9 Å². The highest BCUT2D eigenvalue weighted by molar-refractivity contribution is 6.30. The molecule has 0 spiro atoms. The van der Waals surface area contributed by atoms with E-state index in [4.69, 9.17) is 16.3 Å². The zero-order valence-electron chi connectivity index (χ0n) is 11.3. The second-order valence-electron chi connectivity index (χ2n) is 5.00. The van der Waals surface area contributed by atoms with E-state index >= 15 is 0 Å². The zero-order chi connectivity index (χ0) is 14.1. The van der Waals surface area contributed by atoms with Crippen LogP contribution in [0.1, 0.15) is 30.5 Å². The van der Waals surface area contributed by atoms with Gasteiger partial charge in [0.1, 0.15) is 11.5 Å². The molecule has 106 valence electrons. The molecular weight excluding hydrogens is 279 g/mol. The number of fused-ring (bicyclic) bond motifs is 1. The molecule has 20 heavy (non-hydrogen) atoms. The largest absolute Gasteiger partial charge is 0.481 e. The first-order chi connectivity index (χ1) is 9.70. The van der Waals surface area contributed by atoms with Gasteiger partial charge in [-0.3, -0.25) is 0 Å². The SMILES string of the molecule is COc1c2c(nn1-c1ccc(Cl)cc1F)CCCCC2. The lowest BCUT2D eigenvalue weighted by Crippen LogP contribution is -2.03. The number of hydrogen-bond acceptors (Lipinski definition) is 2.